The zero-order valence-electron chi connectivity index (χ0n) is 17.1. The van der Waals surface area contributed by atoms with Crippen LogP contribution in [0.3, 0.4) is 0 Å². The van der Waals surface area contributed by atoms with Gasteiger partial charge in [-0.1, -0.05) is 11.3 Å². The third-order valence-corrected chi connectivity index (χ3v) is 8.51. The quantitative estimate of drug-likeness (QED) is 0.391. The second-order valence-electron chi connectivity index (χ2n) is 8.55. The summed E-state index contributed by atoms with van der Waals surface area (Å²) in [5.74, 6) is 1.09. The van der Waals surface area contributed by atoms with Gasteiger partial charge in [-0.2, -0.15) is 0 Å². The van der Waals surface area contributed by atoms with Crippen LogP contribution in [0.25, 0.3) is 21.9 Å². The Balaban J connectivity index is 1.56. The standard InChI is InChI=1S/C21H22FN7S2/c1-8-28-29-21(30-8)31-20-26-18(12-4-10-3-9(12)5-14(10)23)16-13-6-11(22)7-15(24-2)17(13)25-19(16)27-20/h6-7,9-10,12,14,24H,3-5,23H2,1-2H3,(H,25,26,27)/t9-,10-,12?,14-/m1/s1. The van der Waals surface area contributed by atoms with Crippen molar-refractivity contribution in [3.8, 4) is 0 Å². The number of aromatic amines is 1. The molecule has 1 aromatic carbocycles. The fourth-order valence-corrected chi connectivity index (χ4v) is 7.12. The number of hydrogen-bond acceptors (Lipinski definition) is 8. The molecule has 10 heteroatoms. The number of nitrogens with zero attached hydrogens (tertiary/aromatic N) is 4. The number of H-pyrrole nitrogens is 1. The summed E-state index contributed by atoms with van der Waals surface area (Å²) in [5, 5.41) is 14.7. The van der Waals surface area contributed by atoms with Crippen LogP contribution < -0.4 is 11.1 Å². The van der Waals surface area contributed by atoms with Crippen molar-refractivity contribution in [2.45, 2.75) is 47.6 Å². The molecule has 2 bridgehead atoms. The summed E-state index contributed by atoms with van der Waals surface area (Å²) in [7, 11) is 1.79. The molecule has 0 aliphatic heterocycles. The van der Waals surface area contributed by atoms with Crippen LogP contribution in [0.2, 0.25) is 0 Å². The zero-order valence-corrected chi connectivity index (χ0v) is 18.8. The molecule has 2 aliphatic carbocycles. The van der Waals surface area contributed by atoms with E-state index in [0.29, 0.717) is 28.6 Å². The monoisotopic (exact) mass is 455 g/mol. The molecule has 0 radical (unpaired) electrons. The van der Waals surface area contributed by atoms with Gasteiger partial charge < -0.3 is 16.0 Å². The Bertz CT molecular complexity index is 1310. The third-order valence-electron chi connectivity index (χ3n) is 6.75. The summed E-state index contributed by atoms with van der Waals surface area (Å²) in [6.45, 7) is 1.93. The number of fused-ring (bicyclic) bond motifs is 5. The highest BCUT2D eigenvalue weighted by molar-refractivity contribution is 8.00. The van der Waals surface area contributed by atoms with Gasteiger partial charge in [-0.05, 0) is 61.9 Å². The van der Waals surface area contributed by atoms with Crippen LogP contribution >= 0.6 is 23.1 Å². The topological polar surface area (TPSA) is 105 Å². The number of nitrogens with two attached hydrogens (primary N) is 1. The molecule has 6 rings (SSSR count). The molecule has 4 aromatic rings. The first kappa shape index (κ1) is 19.4. The van der Waals surface area contributed by atoms with Crippen LogP contribution in [0.15, 0.2) is 21.6 Å². The van der Waals surface area contributed by atoms with E-state index in [1.54, 1.807) is 13.1 Å². The van der Waals surface area contributed by atoms with E-state index < -0.39 is 0 Å². The van der Waals surface area contributed by atoms with Gasteiger partial charge in [0.15, 0.2) is 9.50 Å². The lowest BCUT2D eigenvalue weighted by atomic mass is 9.83. The highest BCUT2D eigenvalue weighted by atomic mass is 32.2. The molecule has 1 unspecified atom stereocenters. The average molecular weight is 456 g/mol. The maximum atomic E-state index is 14.4. The first-order valence-corrected chi connectivity index (χ1v) is 12.1. The van der Waals surface area contributed by atoms with Crippen molar-refractivity contribution in [3.05, 3.63) is 28.7 Å². The second-order valence-corrected chi connectivity index (χ2v) is 10.9. The highest BCUT2D eigenvalue weighted by Gasteiger charge is 2.46. The Hall–Kier alpha value is -2.30. The van der Waals surface area contributed by atoms with Crippen LogP contribution in [0.5, 0.6) is 0 Å². The van der Waals surface area contributed by atoms with Gasteiger partial charge in [-0.15, -0.1) is 10.2 Å². The molecule has 4 atom stereocenters. The largest absolute Gasteiger partial charge is 0.386 e. The molecule has 160 valence electrons. The van der Waals surface area contributed by atoms with Crippen molar-refractivity contribution < 1.29 is 4.39 Å². The van der Waals surface area contributed by atoms with Crippen molar-refractivity contribution in [2.75, 3.05) is 12.4 Å². The lowest BCUT2D eigenvalue weighted by molar-refractivity contribution is 0.371. The van der Waals surface area contributed by atoms with E-state index in [-0.39, 0.29) is 11.9 Å². The summed E-state index contributed by atoms with van der Waals surface area (Å²) in [4.78, 5) is 13.2. The third kappa shape index (κ3) is 3.11. The van der Waals surface area contributed by atoms with Crippen LogP contribution in [0, 0.1) is 24.6 Å². The molecule has 0 saturated heterocycles. The zero-order chi connectivity index (χ0) is 21.3. The van der Waals surface area contributed by atoms with Gasteiger partial charge >= 0.3 is 0 Å². The molecular weight excluding hydrogens is 433 g/mol. The molecule has 0 spiro atoms. The molecule has 7 nitrogen and oxygen atoms in total. The van der Waals surface area contributed by atoms with Gasteiger partial charge in [-0.3, -0.25) is 0 Å². The van der Waals surface area contributed by atoms with Crippen molar-refractivity contribution in [1.29, 1.82) is 0 Å². The second kappa shape index (κ2) is 7.11. The van der Waals surface area contributed by atoms with E-state index in [2.05, 4.69) is 20.5 Å². The highest BCUT2D eigenvalue weighted by Crippen LogP contribution is 2.53. The summed E-state index contributed by atoms with van der Waals surface area (Å²) >= 11 is 2.95. The number of anilines is 1. The summed E-state index contributed by atoms with van der Waals surface area (Å²) in [5.41, 5.74) is 9.62. The molecule has 4 N–H and O–H groups in total. The van der Waals surface area contributed by atoms with Crippen LogP contribution in [0.1, 0.15) is 35.9 Å². The number of nitrogens with one attached hydrogen (secondary N) is 2. The van der Waals surface area contributed by atoms with Crippen LogP contribution in [-0.2, 0) is 0 Å². The molecule has 2 fully saturated rings. The lowest BCUT2D eigenvalue weighted by Gasteiger charge is -2.25. The van der Waals surface area contributed by atoms with Crippen LogP contribution in [0.4, 0.5) is 10.1 Å². The maximum absolute atomic E-state index is 14.4. The van der Waals surface area contributed by atoms with Gasteiger partial charge in [0.1, 0.15) is 16.5 Å². The van der Waals surface area contributed by atoms with E-state index in [0.717, 1.165) is 56.2 Å². The summed E-state index contributed by atoms with van der Waals surface area (Å²) < 4.78 is 15.3. The van der Waals surface area contributed by atoms with Gasteiger partial charge in [0.25, 0.3) is 0 Å². The fourth-order valence-electron chi connectivity index (χ4n) is 5.43. The summed E-state index contributed by atoms with van der Waals surface area (Å²) in [6.07, 6.45) is 3.20. The van der Waals surface area contributed by atoms with E-state index in [9.17, 15) is 4.39 Å². The predicted molar refractivity (Wildman–Crippen MR) is 121 cm³/mol. The minimum Gasteiger partial charge on any atom is -0.386 e. The Morgan fingerprint density at radius 3 is 2.74 bits per heavy atom. The first-order valence-electron chi connectivity index (χ1n) is 10.4. The van der Waals surface area contributed by atoms with E-state index in [4.69, 9.17) is 15.7 Å². The molecule has 2 saturated carbocycles. The Kier molecular flexibility index (Phi) is 4.45. The van der Waals surface area contributed by atoms with E-state index in [1.807, 2.05) is 6.92 Å². The molecular formula is C21H22FN7S2. The number of rotatable bonds is 4. The molecule has 31 heavy (non-hydrogen) atoms. The van der Waals surface area contributed by atoms with E-state index >= 15 is 0 Å². The molecule has 0 amide bonds. The summed E-state index contributed by atoms with van der Waals surface area (Å²) in [6, 6.07) is 3.37. The van der Waals surface area contributed by atoms with Crippen molar-refractivity contribution in [2.24, 2.45) is 17.6 Å². The normalized spacial score (nSPS) is 25.2. The number of hydrogen-bond donors (Lipinski definition) is 3. The van der Waals surface area contributed by atoms with Gasteiger partial charge in [0.05, 0.1) is 16.9 Å². The maximum Gasteiger partial charge on any atom is 0.197 e. The number of aryl methyl sites for hydroxylation is 1. The lowest BCUT2D eigenvalue weighted by Crippen LogP contribution is -2.29. The average Bonchev–Trinajstić information content (AvgIpc) is 3.50. The van der Waals surface area contributed by atoms with Crippen LogP contribution in [-0.4, -0.2) is 38.2 Å². The van der Waals surface area contributed by atoms with Crippen molar-refractivity contribution in [1.82, 2.24) is 25.1 Å². The van der Waals surface area contributed by atoms with E-state index in [1.165, 1.54) is 29.2 Å². The smallest absolute Gasteiger partial charge is 0.197 e. The number of aromatic nitrogens is 5. The Morgan fingerprint density at radius 1 is 1.19 bits per heavy atom. The van der Waals surface area contributed by atoms with Gasteiger partial charge in [-0.25, -0.2) is 14.4 Å². The molecule has 3 aromatic heterocycles. The van der Waals surface area contributed by atoms with Crippen molar-refractivity contribution in [3.63, 3.8) is 0 Å². The molecule has 3 heterocycles. The Morgan fingerprint density at radius 2 is 2.06 bits per heavy atom. The number of benzene rings is 1. The number of halogens is 1. The van der Waals surface area contributed by atoms with Gasteiger partial charge in [0.2, 0.25) is 0 Å². The minimum absolute atomic E-state index is 0.276. The fraction of sp³-hybridized carbons (Fsp3) is 0.429. The molecule has 2 aliphatic rings. The van der Waals surface area contributed by atoms with Gasteiger partial charge in [0, 0.05) is 29.8 Å². The SMILES string of the molecule is CNc1cc(F)cc2c1[nH]c1nc(Sc3nnc(C)s3)nc(C3C[C@H]4C[C@@H]3C[C@H]4N)c12. The van der Waals surface area contributed by atoms with Crippen molar-refractivity contribution >= 4 is 50.7 Å². The minimum atomic E-state index is -0.276. The Labute approximate surface area is 186 Å². The first-order chi connectivity index (χ1) is 15.0. The predicted octanol–water partition coefficient (Wildman–Crippen LogP) is 4.44.